The SMILES string of the molecule is COc1cc(CNC(=O)CSc2ccccc2C)cc(OC)c1OC. The Morgan fingerprint density at radius 2 is 1.68 bits per heavy atom. The highest BCUT2D eigenvalue weighted by atomic mass is 32.2. The van der Waals surface area contributed by atoms with Crippen LogP contribution in [0, 0.1) is 6.92 Å². The lowest BCUT2D eigenvalue weighted by atomic mass is 10.2. The number of carbonyl (C=O) groups excluding carboxylic acids is 1. The van der Waals surface area contributed by atoms with Gasteiger partial charge < -0.3 is 19.5 Å². The number of thioether (sulfide) groups is 1. The molecule has 25 heavy (non-hydrogen) atoms. The molecule has 2 rings (SSSR count). The zero-order valence-electron chi connectivity index (χ0n) is 14.9. The first kappa shape index (κ1) is 19.0. The van der Waals surface area contributed by atoms with E-state index in [4.69, 9.17) is 14.2 Å². The molecule has 0 aliphatic carbocycles. The summed E-state index contributed by atoms with van der Waals surface area (Å²) >= 11 is 1.53. The van der Waals surface area contributed by atoms with Gasteiger partial charge in [-0.1, -0.05) is 18.2 Å². The highest BCUT2D eigenvalue weighted by Gasteiger charge is 2.13. The van der Waals surface area contributed by atoms with E-state index in [9.17, 15) is 4.79 Å². The minimum Gasteiger partial charge on any atom is -0.493 e. The molecule has 0 aliphatic heterocycles. The number of aryl methyl sites for hydroxylation is 1. The van der Waals surface area contributed by atoms with Crippen LogP contribution in [0.15, 0.2) is 41.3 Å². The summed E-state index contributed by atoms with van der Waals surface area (Å²) in [6, 6.07) is 11.7. The summed E-state index contributed by atoms with van der Waals surface area (Å²) in [5, 5.41) is 2.92. The number of ether oxygens (including phenoxy) is 3. The molecule has 0 atom stereocenters. The molecule has 0 unspecified atom stereocenters. The Bertz CT molecular complexity index is 708. The second kappa shape index (κ2) is 9.22. The average molecular weight is 361 g/mol. The number of hydrogen-bond acceptors (Lipinski definition) is 5. The first-order chi connectivity index (χ1) is 12.1. The van der Waals surface area contributed by atoms with Crippen LogP contribution in [-0.4, -0.2) is 33.0 Å². The maximum absolute atomic E-state index is 12.1. The lowest BCUT2D eigenvalue weighted by molar-refractivity contribution is -0.118. The van der Waals surface area contributed by atoms with Crippen LogP contribution < -0.4 is 19.5 Å². The van der Waals surface area contributed by atoms with Crippen molar-refractivity contribution >= 4 is 17.7 Å². The van der Waals surface area contributed by atoms with Gasteiger partial charge in [0.1, 0.15) is 0 Å². The van der Waals surface area contributed by atoms with Crippen LogP contribution in [0.4, 0.5) is 0 Å². The molecule has 0 aliphatic rings. The van der Waals surface area contributed by atoms with Gasteiger partial charge in [0.05, 0.1) is 27.1 Å². The Morgan fingerprint density at radius 1 is 1.04 bits per heavy atom. The Hall–Kier alpha value is -2.34. The Kier molecular flexibility index (Phi) is 7.01. The number of amides is 1. The van der Waals surface area contributed by atoms with Gasteiger partial charge in [-0.15, -0.1) is 11.8 Å². The molecule has 0 bridgehead atoms. The fourth-order valence-corrected chi connectivity index (χ4v) is 3.21. The fraction of sp³-hybridized carbons (Fsp3) is 0.316. The van der Waals surface area contributed by atoms with Crippen molar-refractivity contribution in [1.82, 2.24) is 5.32 Å². The van der Waals surface area contributed by atoms with Gasteiger partial charge >= 0.3 is 0 Å². The third-order valence-corrected chi connectivity index (χ3v) is 4.84. The smallest absolute Gasteiger partial charge is 0.230 e. The molecule has 0 heterocycles. The van der Waals surface area contributed by atoms with Crippen LogP contribution >= 0.6 is 11.8 Å². The van der Waals surface area contributed by atoms with Crippen molar-refractivity contribution in [1.29, 1.82) is 0 Å². The van der Waals surface area contributed by atoms with Gasteiger partial charge in [-0.25, -0.2) is 0 Å². The second-order valence-electron chi connectivity index (χ2n) is 5.36. The first-order valence-corrected chi connectivity index (χ1v) is 8.81. The molecule has 0 fully saturated rings. The van der Waals surface area contributed by atoms with E-state index in [-0.39, 0.29) is 5.91 Å². The van der Waals surface area contributed by atoms with E-state index in [1.165, 1.54) is 17.3 Å². The van der Waals surface area contributed by atoms with Crippen molar-refractivity contribution in [3.05, 3.63) is 47.5 Å². The summed E-state index contributed by atoms with van der Waals surface area (Å²) in [7, 11) is 4.70. The number of rotatable bonds is 8. The standard InChI is InChI=1S/C19H23NO4S/c1-13-7-5-6-8-17(13)25-12-18(21)20-11-14-9-15(22-2)19(24-4)16(10-14)23-3/h5-10H,11-12H2,1-4H3,(H,20,21). The molecule has 1 N–H and O–H groups in total. The van der Waals surface area contributed by atoms with Crippen LogP contribution in [0.5, 0.6) is 17.2 Å². The Labute approximate surface area is 152 Å². The predicted octanol–water partition coefficient (Wildman–Crippen LogP) is 3.43. The fourth-order valence-electron chi connectivity index (χ4n) is 2.35. The number of carbonyl (C=O) groups is 1. The molecule has 2 aromatic carbocycles. The predicted molar refractivity (Wildman–Crippen MR) is 99.8 cm³/mol. The summed E-state index contributed by atoms with van der Waals surface area (Å²) in [5.74, 6) is 2.02. The molecule has 0 saturated heterocycles. The quantitative estimate of drug-likeness (QED) is 0.730. The van der Waals surface area contributed by atoms with E-state index in [2.05, 4.69) is 5.32 Å². The van der Waals surface area contributed by atoms with E-state index < -0.39 is 0 Å². The van der Waals surface area contributed by atoms with Gasteiger partial charge in [-0.3, -0.25) is 4.79 Å². The largest absolute Gasteiger partial charge is 0.493 e. The Balaban J connectivity index is 1.96. The van der Waals surface area contributed by atoms with E-state index in [0.29, 0.717) is 29.5 Å². The molecule has 0 saturated carbocycles. The molecule has 0 spiro atoms. The summed E-state index contributed by atoms with van der Waals surface area (Å²) < 4.78 is 15.9. The van der Waals surface area contributed by atoms with Gasteiger partial charge in [-0.05, 0) is 36.2 Å². The number of methoxy groups -OCH3 is 3. The van der Waals surface area contributed by atoms with Crippen molar-refractivity contribution in [2.45, 2.75) is 18.4 Å². The average Bonchev–Trinajstić information content (AvgIpc) is 2.64. The van der Waals surface area contributed by atoms with Gasteiger partial charge in [0.25, 0.3) is 0 Å². The molecular weight excluding hydrogens is 338 g/mol. The highest BCUT2D eigenvalue weighted by Crippen LogP contribution is 2.38. The van der Waals surface area contributed by atoms with E-state index >= 15 is 0 Å². The monoisotopic (exact) mass is 361 g/mol. The molecule has 1 amide bonds. The number of benzene rings is 2. The highest BCUT2D eigenvalue weighted by molar-refractivity contribution is 8.00. The van der Waals surface area contributed by atoms with Gasteiger partial charge in [0.2, 0.25) is 11.7 Å². The summed E-state index contributed by atoms with van der Waals surface area (Å²) in [4.78, 5) is 13.2. The van der Waals surface area contributed by atoms with E-state index in [0.717, 1.165) is 10.5 Å². The summed E-state index contributed by atoms with van der Waals surface area (Å²) in [6.45, 7) is 2.43. The summed E-state index contributed by atoms with van der Waals surface area (Å²) in [5.41, 5.74) is 2.05. The van der Waals surface area contributed by atoms with Crippen molar-refractivity contribution in [3.8, 4) is 17.2 Å². The second-order valence-corrected chi connectivity index (χ2v) is 6.38. The zero-order chi connectivity index (χ0) is 18.2. The van der Waals surface area contributed by atoms with Crippen LogP contribution in [0.1, 0.15) is 11.1 Å². The van der Waals surface area contributed by atoms with E-state index in [1.54, 1.807) is 21.3 Å². The lowest BCUT2D eigenvalue weighted by Crippen LogP contribution is -2.24. The van der Waals surface area contributed by atoms with Crippen molar-refractivity contribution in [2.24, 2.45) is 0 Å². The molecule has 0 aromatic heterocycles. The van der Waals surface area contributed by atoms with Gasteiger partial charge in [0, 0.05) is 11.4 Å². The van der Waals surface area contributed by atoms with E-state index in [1.807, 2.05) is 43.3 Å². The molecule has 134 valence electrons. The maximum Gasteiger partial charge on any atom is 0.230 e. The minimum absolute atomic E-state index is 0.0259. The molecule has 6 heteroatoms. The first-order valence-electron chi connectivity index (χ1n) is 7.83. The van der Waals surface area contributed by atoms with Crippen molar-refractivity contribution in [3.63, 3.8) is 0 Å². The van der Waals surface area contributed by atoms with Gasteiger partial charge in [-0.2, -0.15) is 0 Å². The normalized spacial score (nSPS) is 10.2. The number of hydrogen-bond donors (Lipinski definition) is 1. The van der Waals surface area contributed by atoms with Crippen LogP contribution in [-0.2, 0) is 11.3 Å². The molecule has 5 nitrogen and oxygen atoms in total. The van der Waals surface area contributed by atoms with Crippen molar-refractivity contribution < 1.29 is 19.0 Å². The lowest BCUT2D eigenvalue weighted by Gasteiger charge is -2.14. The number of nitrogens with one attached hydrogen (secondary N) is 1. The molecular formula is C19H23NO4S. The van der Waals surface area contributed by atoms with Crippen molar-refractivity contribution in [2.75, 3.05) is 27.1 Å². The van der Waals surface area contributed by atoms with Crippen LogP contribution in [0.3, 0.4) is 0 Å². The summed E-state index contributed by atoms with van der Waals surface area (Å²) in [6.07, 6.45) is 0. The topological polar surface area (TPSA) is 56.8 Å². The van der Waals surface area contributed by atoms with Crippen LogP contribution in [0.2, 0.25) is 0 Å². The minimum atomic E-state index is -0.0259. The van der Waals surface area contributed by atoms with Gasteiger partial charge in [0.15, 0.2) is 11.5 Å². The third kappa shape index (κ3) is 5.06. The molecule has 0 radical (unpaired) electrons. The third-order valence-electron chi connectivity index (χ3n) is 3.67. The maximum atomic E-state index is 12.1. The van der Waals surface area contributed by atoms with Crippen LogP contribution in [0.25, 0.3) is 0 Å². The molecule has 2 aromatic rings. The zero-order valence-corrected chi connectivity index (χ0v) is 15.7. The Morgan fingerprint density at radius 3 is 2.24 bits per heavy atom.